The van der Waals surface area contributed by atoms with Crippen LogP contribution < -0.4 is 0 Å². The summed E-state index contributed by atoms with van der Waals surface area (Å²) < 4.78 is 2.55. The summed E-state index contributed by atoms with van der Waals surface area (Å²) in [6.07, 6.45) is 7.18. The van der Waals surface area contributed by atoms with E-state index in [4.69, 9.17) is 0 Å². The van der Waals surface area contributed by atoms with E-state index in [0.29, 0.717) is 0 Å². The molecule has 0 aliphatic carbocycles. The third-order valence-corrected chi connectivity index (χ3v) is 9.09. The monoisotopic (exact) mass is 496 g/mol. The molecule has 6 heteroatoms. The van der Waals surface area contributed by atoms with Gasteiger partial charge in [0.1, 0.15) is 0 Å². The molecule has 4 heterocycles. The van der Waals surface area contributed by atoms with Crippen LogP contribution in [0.5, 0.6) is 0 Å². The number of rotatable bonds is 2. The van der Waals surface area contributed by atoms with Gasteiger partial charge in [-0.2, -0.15) is 0 Å². The average Bonchev–Trinajstić information content (AvgIpc) is 3.58. The molecule has 36 heavy (non-hydrogen) atoms. The molecule has 168 valence electrons. The zero-order valence-electron chi connectivity index (χ0n) is 18.8. The maximum atomic E-state index is 4.45. The van der Waals surface area contributed by atoms with Gasteiger partial charge in [0.05, 0.1) is 9.75 Å². The van der Waals surface area contributed by atoms with E-state index in [1.54, 1.807) is 47.5 Å². The quantitative estimate of drug-likeness (QED) is 0.225. The topological polar surface area (TPSA) is 51.6 Å². The standard InChI is InChI=1S/C30H16N4S2/c1-11-31-29(32-12-1)25-15-17-3-5-21-19-8-10-24-22(20(19)7-9-23(21)27(17)35-25)6-4-18-16-26(36-28(18)24)30-33-13-2-14-34-30/h1-16H. The first-order valence-electron chi connectivity index (χ1n) is 11.6. The molecule has 0 amide bonds. The molecule has 0 saturated carbocycles. The number of hydrogen-bond donors (Lipinski definition) is 0. The van der Waals surface area contributed by atoms with Crippen LogP contribution in [-0.4, -0.2) is 19.9 Å². The highest BCUT2D eigenvalue weighted by Gasteiger charge is 2.14. The van der Waals surface area contributed by atoms with Gasteiger partial charge >= 0.3 is 0 Å². The Balaban J connectivity index is 1.36. The Morgan fingerprint density at radius 3 is 1.22 bits per heavy atom. The van der Waals surface area contributed by atoms with Crippen molar-refractivity contribution in [2.24, 2.45) is 0 Å². The van der Waals surface area contributed by atoms with E-state index in [1.165, 1.54) is 52.5 Å². The highest BCUT2D eigenvalue weighted by Crippen LogP contribution is 2.42. The lowest BCUT2D eigenvalue weighted by molar-refractivity contribution is 1.19. The number of fused-ring (bicyclic) bond motifs is 9. The number of nitrogens with zero attached hydrogens (tertiary/aromatic N) is 4. The third-order valence-electron chi connectivity index (χ3n) is 6.73. The molecule has 4 aromatic heterocycles. The van der Waals surface area contributed by atoms with Crippen LogP contribution in [0, 0.1) is 0 Å². The van der Waals surface area contributed by atoms with Gasteiger partial charge in [-0.1, -0.05) is 48.5 Å². The normalized spacial score (nSPS) is 11.9. The smallest absolute Gasteiger partial charge is 0.169 e. The first-order chi connectivity index (χ1) is 17.8. The fourth-order valence-electron chi connectivity index (χ4n) is 5.11. The van der Waals surface area contributed by atoms with Crippen molar-refractivity contribution in [1.29, 1.82) is 0 Å². The highest BCUT2D eigenvalue weighted by atomic mass is 32.1. The van der Waals surface area contributed by atoms with Gasteiger partial charge in [-0.25, -0.2) is 19.9 Å². The van der Waals surface area contributed by atoms with Gasteiger partial charge in [-0.05, 0) is 56.6 Å². The predicted molar refractivity (Wildman–Crippen MR) is 152 cm³/mol. The first kappa shape index (κ1) is 20.0. The fraction of sp³-hybridized carbons (Fsp3) is 0. The number of hydrogen-bond acceptors (Lipinski definition) is 6. The van der Waals surface area contributed by atoms with Crippen molar-refractivity contribution >= 4 is 75.2 Å². The minimum atomic E-state index is 0.777. The van der Waals surface area contributed by atoms with Crippen LogP contribution in [0.2, 0.25) is 0 Å². The van der Waals surface area contributed by atoms with Gasteiger partial charge in [0.25, 0.3) is 0 Å². The minimum Gasteiger partial charge on any atom is -0.236 e. The molecule has 8 rings (SSSR count). The van der Waals surface area contributed by atoms with Crippen LogP contribution in [0.4, 0.5) is 0 Å². The molecule has 0 N–H and O–H groups in total. The maximum Gasteiger partial charge on any atom is 0.169 e. The molecular formula is C30H16N4S2. The van der Waals surface area contributed by atoms with Crippen molar-refractivity contribution in [2.75, 3.05) is 0 Å². The Kier molecular flexibility index (Phi) is 4.23. The predicted octanol–water partition coefficient (Wildman–Crippen LogP) is 8.49. The summed E-state index contributed by atoms with van der Waals surface area (Å²) in [5, 5.41) is 10.1. The van der Waals surface area contributed by atoms with Crippen molar-refractivity contribution in [2.45, 2.75) is 0 Å². The van der Waals surface area contributed by atoms with Crippen LogP contribution in [0.15, 0.2) is 97.6 Å². The molecule has 0 saturated heterocycles. The van der Waals surface area contributed by atoms with Gasteiger partial charge < -0.3 is 0 Å². The summed E-state index contributed by atoms with van der Waals surface area (Å²) in [6, 6.07) is 26.1. The van der Waals surface area contributed by atoms with E-state index in [9.17, 15) is 0 Å². The molecule has 0 aliphatic heterocycles. The Labute approximate surface area is 213 Å². The third kappa shape index (κ3) is 2.92. The van der Waals surface area contributed by atoms with Crippen molar-refractivity contribution in [3.8, 4) is 21.4 Å². The van der Waals surface area contributed by atoms with E-state index in [1.807, 2.05) is 12.1 Å². The summed E-state index contributed by atoms with van der Waals surface area (Å²) in [6.45, 7) is 0. The zero-order chi connectivity index (χ0) is 23.6. The summed E-state index contributed by atoms with van der Waals surface area (Å²) in [7, 11) is 0. The molecule has 0 spiro atoms. The molecular weight excluding hydrogens is 480 g/mol. The van der Waals surface area contributed by atoms with Gasteiger partial charge in [-0.15, -0.1) is 22.7 Å². The fourth-order valence-corrected chi connectivity index (χ4v) is 7.38. The van der Waals surface area contributed by atoms with E-state index < -0.39 is 0 Å². The summed E-state index contributed by atoms with van der Waals surface area (Å²) in [4.78, 5) is 20.0. The molecule has 4 nitrogen and oxygen atoms in total. The lowest BCUT2D eigenvalue weighted by Crippen LogP contribution is -1.81. The van der Waals surface area contributed by atoms with E-state index >= 15 is 0 Å². The molecule has 0 aliphatic rings. The molecule has 0 fully saturated rings. The molecule has 0 radical (unpaired) electrons. The van der Waals surface area contributed by atoms with Crippen LogP contribution in [0.3, 0.4) is 0 Å². The Hall–Kier alpha value is -4.26. The first-order valence-corrected chi connectivity index (χ1v) is 13.3. The van der Waals surface area contributed by atoms with Crippen LogP contribution in [0.25, 0.3) is 73.9 Å². The van der Waals surface area contributed by atoms with Crippen LogP contribution in [0.1, 0.15) is 0 Å². The van der Waals surface area contributed by atoms with Crippen molar-refractivity contribution in [1.82, 2.24) is 19.9 Å². The second kappa shape index (κ2) is 7.62. The molecule has 8 aromatic rings. The van der Waals surface area contributed by atoms with Crippen molar-refractivity contribution < 1.29 is 0 Å². The number of benzene rings is 4. The second-order valence-electron chi connectivity index (χ2n) is 8.75. The van der Waals surface area contributed by atoms with E-state index in [0.717, 1.165) is 21.4 Å². The second-order valence-corrected chi connectivity index (χ2v) is 10.9. The van der Waals surface area contributed by atoms with E-state index in [-0.39, 0.29) is 0 Å². The summed E-state index contributed by atoms with van der Waals surface area (Å²) in [5.41, 5.74) is 0. The van der Waals surface area contributed by atoms with Gasteiger partial charge in [0.2, 0.25) is 0 Å². The Bertz CT molecular complexity index is 1940. The van der Waals surface area contributed by atoms with Crippen LogP contribution in [-0.2, 0) is 0 Å². The average molecular weight is 497 g/mol. The molecule has 0 bridgehead atoms. The number of aromatic nitrogens is 4. The van der Waals surface area contributed by atoms with Gasteiger partial charge in [-0.3, -0.25) is 0 Å². The van der Waals surface area contributed by atoms with Crippen molar-refractivity contribution in [3.05, 3.63) is 97.6 Å². The number of thiophene rings is 2. The molecule has 0 unspecified atom stereocenters. The molecule has 0 atom stereocenters. The summed E-state index contributed by atoms with van der Waals surface area (Å²) in [5.74, 6) is 1.55. The maximum absolute atomic E-state index is 4.45. The Morgan fingerprint density at radius 2 is 0.778 bits per heavy atom. The largest absolute Gasteiger partial charge is 0.236 e. The molecule has 4 aromatic carbocycles. The lowest BCUT2D eigenvalue weighted by atomic mass is 9.96. The van der Waals surface area contributed by atoms with Gasteiger partial charge in [0.15, 0.2) is 11.6 Å². The summed E-state index contributed by atoms with van der Waals surface area (Å²) >= 11 is 3.52. The highest BCUT2D eigenvalue weighted by molar-refractivity contribution is 7.23. The van der Waals surface area contributed by atoms with Crippen molar-refractivity contribution in [3.63, 3.8) is 0 Å². The SMILES string of the molecule is c1cnc(-c2cc3ccc4c5ccc6c(ccc7cc(-c8ncccn8)sc76)c5ccc4c3s2)nc1. The Morgan fingerprint density at radius 1 is 0.417 bits per heavy atom. The zero-order valence-corrected chi connectivity index (χ0v) is 20.5. The van der Waals surface area contributed by atoms with Gasteiger partial charge in [0, 0.05) is 45.0 Å². The minimum absolute atomic E-state index is 0.777. The van der Waals surface area contributed by atoms with Crippen LogP contribution >= 0.6 is 22.7 Å². The van der Waals surface area contributed by atoms with E-state index in [2.05, 4.69) is 80.6 Å². The lowest BCUT2D eigenvalue weighted by Gasteiger charge is -2.09.